The molecule has 0 spiro atoms. The molecule has 0 radical (unpaired) electrons. The Hall–Kier alpha value is -2.78. The maximum atomic E-state index is 10.9. The van der Waals surface area contributed by atoms with E-state index < -0.39 is 5.97 Å². The number of aromatic nitrogens is 1. The summed E-state index contributed by atoms with van der Waals surface area (Å²) < 4.78 is 0. The molecule has 0 aliphatic rings. The van der Waals surface area contributed by atoms with Gasteiger partial charge < -0.3 is 16.2 Å². The minimum absolute atomic E-state index is 0.133. The second kappa shape index (κ2) is 5.47. The Morgan fingerprint density at radius 2 is 2.15 bits per heavy atom. The summed E-state index contributed by atoms with van der Waals surface area (Å²) >= 11 is 6.01. The number of nitrogens with two attached hydrogens (primary N) is 1. The highest BCUT2D eigenvalue weighted by Gasteiger charge is 2.10. The molecular formula is C13H9ClN4O2. The van der Waals surface area contributed by atoms with Crippen molar-refractivity contribution in [2.24, 2.45) is 0 Å². The first-order chi connectivity index (χ1) is 9.51. The van der Waals surface area contributed by atoms with Gasteiger partial charge in [-0.15, -0.1) is 0 Å². The van der Waals surface area contributed by atoms with Crippen LogP contribution in [0.15, 0.2) is 30.3 Å². The molecular weight excluding hydrogens is 280 g/mol. The van der Waals surface area contributed by atoms with Gasteiger partial charge in [0.15, 0.2) is 11.5 Å². The molecule has 0 aliphatic heterocycles. The number of nitrogen functional groups attached to an aromatic ring is 1. The SMILES string of the molecule is N#Cc1ccc(Nc2nc(C(=O)O)ccc2N)c(Cl)c1. The summed E-state index contributed by atoms with van der Waals surface area (Å²) in [5.41, 5.74) is 6.78. The molecule has 100 valence electrons. The number of halogens is 1. The number of rotatable bonds is 3. The van der Waals surface area contributed by atoms with E-state index in [-0.39, 0.29) is 17.2 Å². The quantitative estimate of drug-likeness (QED) is 0.800. The number of nitriles is 1. The molecule has 20 heavy (non-hydrogen) atoms. The average Bonchev–Trinajstić information content (AvgIpc) is 2.42. The van der Waals surface area contributed by atoms with Crippen molar-refractivity contribution in [3.05, 3.63) is 46.6 Å². The number of carboxylic acid groups (broad SMARTS) is 1. The highest BCUT2D eigenvalue weighted by Crippen LogP contribution is 2.28. The van der Waals surface area contributed by atoms with E-state index in [1.54, 1.807) is 12.1 Å². The first-order valence-electron chi connectivity index (χ1n) is 5.47. The lowest BCUT2D eigenvalue weighted by Gasteiger charge is -2.10. The molecule has 0 amide bonds. The molecule has 0 aliphatic carbocycles. The lowest BCUT2D eigenvalue weighted by atomic mass is 10.2. The van der Waals surface area contributed by atoms with Crippen LogP contribution in [0.25, 0.3) is 0 Å². The summed E-state index contributed by atoms with van der Waals surface area (Å²) in [5.74, 6) is -0.963. The molecule has 0 saturated carbocycles. The van der Waals surface area contributed by atoms with Crippen molar-refractivity contribution in [1.29, 1.82) is 5.26 Å². The van der Waals surface area contributed by atoms with Crippen LogP contribution in [-0.2, 0) is 0 Å². The number of carbonyl (C=O) groups is 1. The molecule has 1 heterocycles. The Bertz CT molecular complexity index is 725. The van der Waals surface area contributed by atoms with E-state index in [0.29, 0.717) is 16.3 Å². The van der Waals surface area contributed by atoms with Gasteiger partial charge in [-0.25, -0.2) is 9.78 Å². The molecule has 1 aromatic carbocycles. The molecule has 0 atom stereocenters. The topological polar surface area (TPSA) is 112 Å². The van der Waals surface area contributed by atoms with Crippen molar-refractivity contribution >= 4 is 34.8 Å². The summed E-state index contributed by atoms with van der Waals surface area (Å²) in [6, 6.07) is 9.37. The molecule has 2 rings (SSSR count). The van der Waals surface area contributed by atoms with Crippen LogP contribution in [0.5, 0.6) is 0 Å². The maximum absolute atomic E-state index is 10.9. The van der Waals surface area contributed by atoms with Crippen molar-refractivity contribution in [3.63, 3.8) is 0 Å². The van der Waals surface area contributed by atoms with Gasteiger partial charge in [-0.2, -0.15) is 5.26 Å². The molecule has 0 saturated heterocycles. The number of nitrogens with zero attached hydrogens (tertiary/aromatic N) is 2. The fraction of sp³-hybridized carbons (Fsp3) is 0. The Morgan fingerprint density at radius 1 is 1.40 bits per heavy atom. The first kappa shape index (κ1) is 13.6. The number of pyridine rings is 1. The first-order valence-corrected chi connectivity index (χ1v) is 5.85. The van der Waals surface area contributed by atoms with Gasteiger partial charge in [-0.3, -0.25) is 0 Å². The third-order valence-electron chi connectivity index (χ3n) is 2.50. The second-order valence-corrected chi connectivity index (χ2v) is 4.28. The van der Waals surface area contributed by atoms with Crippen molar-refractivity contribution in [1.82, 2.24) is 4.98 Å². The van der Waals surface area contributed by atoms with Crippen LogP contribution >= 0.6 is 11.6 Å². The highest BCUT2D eigenvalue weighted by molar-refractivity contribution is 6.33. The summed E-state index contributed by atoms with van der Waals surface area (Å²) in [6.45, 7) is 0. The van der Waals surface area contributed by atoms with Gasteiger partial charge in [-0.1, -0.05) is 11.6 Å². The van der Waals surface area contributed by atoms with Crippen LogP contribution in [0.4, 0.5) is 17.2 Å². The molecule has 4 N–H and O–H groups in total. The van der Waals surface area contributed by atoms with Crippen molar-refractivity contribution in [2.75, 3.05) is 11.1 Å². The minimum atomic E-state index is -1.15. The van der Waals surface area contributed by atoms with E-state index in [1.807, 2.05) is 6.07 Å². The van der Waals surface area contributed by atoms with Gasteiger partial charge in [0.1, 0.15) is 0 Å². The van der Waals surface area contributed by atoms with E-state index in [4.69, 9.17) is 27.7 Å². The van der Waals surface area contributed by atoms with Gasteiger partial charge in [0, 0.05) is 0 Å². The predicted molar refractivity (Wildman–Crippen MR) is 75.1 cm³/mol. The summed E-state index contributed by atoms with van der Waals surface area (Å²) in [4.78, 5) is 14.8. The standard InChI is InChI=1S/C13H9ClN4O2/c14-8-5-7(6-15)1-3-10(8)17-12-9(16)2-4-11(18-12)13(19)20/h1-5H,16H2,(H,17,18)(H,19,20). The van der Waals surface area contributed by atoms with Crippen LogP contribution in [0.3, 0.4) is 0 Å². The molecule has 0 fully saturated rings. The number of hydrogen-bond acceptors (Lipinski definition) is 5. The molecule has 0 unspecified atom stereocenters. The third-order valence-corrected chi connectivity index (χ3v) is 2.81. The van der Waals surface area contributed by atoms with Crippen molar-refractivity contribution in [2.45, 2.75) is 0 Å². The van der Waals surface area contributed by atoms with Crippen LogP contribution in [0.1, 0.15) is 16.1 Å². The molecule has 6 nitrogen and oxygen atoms in total. The van der Waals surface area contributed by atoms with Crippen LogP contribution in [0, 0.1) is 11.3 Å². The fourth-order valence-electron chi connectivity index (χ4n) is 1.50. The van der Waals surface area contributed by atoms with E-state index in [9.17, 15) is 4.79 Å². The number of hydrogen-bond donors (Lipinski definition) is 3. The van der Waals surface area contributed by atoms with Gasteiger partial charge in [0.2, 0.25) is 0 Å². The predicted octanol–water partition coefficient (Wildman–Crippen LogP) is 2.63. The number of anilines is 3. The number of carboxylic acids is 1. The lowest BCUT2D eigenvalue weighted by Crippen LogP contribution is -2.06. The van der Waals surface area contributed by atoms with Crippen LogP contribution in [0.2, 0.25) is 5.02 Å². The fourth-order valence-corrected chi connectivity index (χ4v) is 1.73. The minimum Gasteiger partial charge on any atom is -0.477 e. The largest absolute Gasteiger partial charge is 0.477 e. The zero-order valence-corrected chi connectivity index (χ0v) is 10.8. The Kier molecular flexibility index (Phi) is 3.73. The van der Waals surface area contributed by atoms with Crippen LogP contribution in [-0.4, -0.2) is 16.1 Å². The zero-order chi connectivity index (χ0) is 14.7. The summed E-state index contributed by atoms with van der Waals surface area (Å²) in [5, 5.41) is 20.8. The van der Waals surface area contributed by atoms with Gasteiger partial charge in [-0.05, 0) is 30.3 Å². The maximum Gasteiger partial charge on any atom is 0.354 e. The lowest BCUT2D eigenvalue weighted by molar-refractivity contribution is 0.0690. The molecule has 2 aromatic rings. The smallest absolute Gasteiger partial charge is 0.354 e. The summed E-state index contributed by atoms with van der Waals surface area (Å²) in [6.07, 6.45) is 0. The number of nitrogens with one attached hydrogen (secondary N) is 1. The zero-order valence-electron chi connectivity index (χ0n) is 10.1. The monoisotopic (exact) mass is 288 g/mol. The highest BCUT2D eigenvalue weighted by atomic mass is 35.5. The molecule has 0 bridgehead atoms. The second-order valence-electron chi connectivity index (χ2n) is 3.87. The van der Waals surface area contributed by atoms with E-state index in [2.05, 4.69) is 10.3 Å². The average molecular weight is 289 g/mol. The van der Waals surface area contributed by atoms with Gasteiger partial charge in [0.05, 0.1) is 28.0 Å². The Balaban J connectivity index is 2.37. The normalized spacial score (nSPS) is 9.80. The molecule has 7 heteroatoms. The van der Waals surface area contributed by atoms with Crippen molar-refractivity contribution < 1.29 is 9.90 Å². The van der Waals surface area contributed by atoms with Gasteiger partial charge >= 0.3 is 5.97 Å². The summed E-state index contributed by atoms with van der Waals surface area (Å²) in [7, 11) is 0. The Labute approximate surface area is 119 Å². The van der Waals surface area contributed by atoms with E-state index in [1.165, 1.54) is 18.2 Å². The van der Waals surface area contributed by atoms with Crippen molar-refractivity contribution in [3.8, 4) is 6.07 Å². The van der Waals surface area contributed by atoms with Crippen LogP contribution < -0.4 is 11.1 Å². The number of aromatic carboxylic acids is 1. The Morgan fingerprint density at radius 3 is 2.75 bits per heavy atom. The number of benzene rings is 1. The third kappa shape index (κ3) is 2.79. The van der Waals surface area contributed by atoms with E-state index in [0.717, 1.165) is 0 Å². The van der Waals surface area contributed by atoms with E-state index >= 15 is 0 Å². The van der Waals surface area contributed by atoms with Gasteiger partial charge in [0.25, 0.3) is 0 Å². The molecule has 1 aromatic heterocycles.